The number of hydrogen-bond acceptors (Lipinski definition) is 5. The van der Waals surface area contributed by atoms with Crippen LogP contribution in [0.15, 0.2) is 22.3 Å². The third kappa shape index (κ3) is 2.77. The second-order valence-electron chi connectivity index (χ2n) is 3.91. The molecule has 0 atom stereocenters. The minimum atomic E-state index is -0.285. The molecule has 6 nitrogen and oxygen atoms in total. The third-order valence-corrected chi connectivity index (χ3v) is 3.55. The minimum Gasteiger partial charge on any atom is -0.369 e. The van der Waals surface area contributed by atoms with Crippen molar-refractivity contribution in [1.29, 1.82) is 0 Å². The van der Waals surface area contributed by atoms with Gasteiger partial charge in [-0.3, -0.25) is 9.78 Å². The van der Waals surface area contributed by atoms with Crippen LogP contribution in [0.4, 0.5) is 5.95 Å². The molecule has 0 saturated carbocycles. The summed E-state index contributed by atoms with van der Waals surface area (Å²) >= 11 is 1.71. The number of anilines is 1. The van der Waals surface area contributed by atoms with Gasteiger partial charge in [-0.1, -0.05) is 6.07 Å². The Hall–Kier alpha value is -1.86. The Morgan fingerprint density at radius 3 is 2.84 bits per heavy atom. The molecular weight excluding hydrogens is 286 g/mol. The first-order valence-corrected chi connectivity index (χ1v) is 6.37. The molecule has 0 aliphatic rings. The lowest BCUT2D eigenvalue weighted by Crippen LogP contribution is -2.10. The number of fused-ring (bicyclic) bond motifs is 1. The van der Waals surface area contributed by atoms with E-state index >= 15 is 0 Å². The van der Waals surface area contributed by atoms with Crippen molar-refractivity contribution in [3.05, 3.63) is 38.6 Å². The van der Waals surface area contributed by atoms with E-state index in [0.717, 1.165) is 18.7 Å². The number of halogens is 1. The summed E-state index contributed by atoms with van der Waals surface area (Å²) in [5.74, 6) is 0.839. The summed E-state index contributed by atoms with van der Waals surface area (Å²) in [6.45, 7) is 0. The summed E-state index contributed by atoms with van der Waals surface area (Å²) in [6.07, 6.45) is 1.64. The van der Waals surface area contributed by atoms with Crippen LogP contribution in [0.1, 0.15) is 10.7 Å². The fraction of sp³-hybridized carbons (Fsp3) is 0.182. The molecule has 100 valence electrons. The highest BCUT2D eigenvalue weighted by Crippen LogP contribution is 2.12. The fourth-order valence-corrected chi connectivity index (χ4v) is 2.50. The van der Waals surface area contributed by atoms with E-state index in [-0.39, 0.29) is 23.9 Å². The SMILES string of the molecule is Cl.Nc1nc2nc(CCc3cccs3)[nH]c2c(=O)[nH]1. The van der Waals surface area contributed by atoms with Gasteiger partial charge in [0, 0.05) is 11.3 Å². The highest BCUT2D eigenvalue weighted by molar-refractivity contribution is 7.09. The van der Waals surface area contributed by atoms with E-state index in [1.165, 1.54) is 4.88 Å². The maximum Gasteiger partial charge on any atom is 0.278 e. The lowest BCUT2D eigenvalue weighted by Gasteiger charge is -1.93. The van der Waals surface area contributed by atoms with Crippen molar-refractivity contribution < 1.29 is 0 Å². The van der Waals surface area contributed by atoms with Gasteiger partial charge in [0.25, 0.3) is 5.56 Å². The lowest BCUT2D eigenvalue weighted by molar-refractivity contribution is 0.901. The van der Waals surface area contributed by atoms with Gasteiger partial charge < -0.3 is 10.7 Å². The van der Waals surface area contributed by atoms with Crippen molar-refractivity contribution in [2.24, 2.45) is 0 Å². The van der Waals surface area contributed by atoms with E-state index in [9.17, 15) is 4.79 Å². The van der Waals surface area contributed by atoms with Crippen LogP contribution in [0.25, 0.3) is 11.2 Å². The molecule has 0 aliphatic carbocycles. The van der Waals surface area contributed by atoms with Crippen LogP contribution >= 0.6 is 23.7 Å². The van der Waals surface area contributed by atoms with Crippen molar-refractivity contribution in [2.75, 3.05) is 5.73 Å². The molecule has 19 heavy (non-hydrogen) atoms. The molecule has 3 rings (SSSR count). The molecular formula is C11H12ClN5OS. The minimum absolute atomic E-state index is 0. The van der Waals surface area contributed by atoms with E-state index in [1.807, 2.05) is 11.4 Å². The molecule has 3 aromatic heterocycles. The molecule has 0 aromatic carbocycles. The summed E-state index contributed by atoms with van der Waals surface area (Å²) in [4.78, 5) is 26.6. The molecule has 8 heteroatoms. The average molecular weight is 298 g/mol. The molecule has 0 amide bonds. The second-order valence-corrected chi connectivity index (χ2v) is 4.94. The van der Waals surface area contributed by atoms with Gasteiger partial charge in [0.15, 0.2) is 11.2 Å². The zero-order chi connectivity index (χ0) is 12.5. The van der Waals surface area contributed by atoms with Gasteiger partial charge in [-0.05, 0) is 17.9 Å². The molecule has 0 saturated heterocycles. The van der Waals surface area contributed by atoms with Crippen molar-refractivity contribution in [2.45, 2.75) is 12.8 Å². The standard InChI is InChI=1S/C11H11N5OS.ClH/c12-11-15-9-8(10(17)16-11)13-7(14-9)4-3-6-2-1-5-18-6;/h1-2,5H,3-4H2,(H4,12,13,14,15,16,17);1H. The molecule has 0 fully saturated rings. The van der Waals surface area contributed by atoms with Gasteiger partial charge in [-0.2, -0.15) is 4.98 Å². The van der Waals surface area contributed by atoms with Gasteiger partial charge in [-0.25, -0.2) is 4.98 Å². The summed E-state index contributed by atoms with van der Waals surface area (Å²) < 4.78 is 0. The fourth-order valence-electron chi connectivity index (χ4n) is 1.79. The number of imidazole rings is 1. The molecule has 4 N–H and O–H groups in total. The van der Waals surface area contributed by atoms with Gasteiger partial charge in [0.2, 0.25) is 5.95 Å². The number of thiophene rings is 1. The monoisotopic (exact) mass is 297 g/mol. The Morgan fingerprint density at radius 2 is 2.11 bits per heavy atom. The van der Waals surface area contributed by atoms with Crippen molar-refractivity contribution >= 4 is 40.9 Å². The first-order valence-electron chi connectivity index (χ1n) is 5.49. The molecule has 3 aromatic rings. The number of hydrogen-bond donors (Lipinski definition) is 3. The topological polar surface area (TPSA) is 100 Å². The highest BCUT2D eigenvalue weighted by Gasteiger charge is 2.08. The predicted molar refractivity (Wildman–Crippen MR) is 77.9 cm³/mol. The number of nitrogen functional groups attached to an aromatic ring is 1. The summed E-state index contributed by atoms with van der Waals surface area (Å²) in [5, 5.41) is 2.04. The average Bonchev–Trinajstić information content (AvgIpc) is 2.93. The van der Waals surface area contributed by atoms with E-state index in [0.29, 0.717) is 11.2 Å². The lowest BCUT2D eigenvalue weighted by atomic mass is 10.2. The molecule has 0 radical (unpaired) electrons. The van der Waals surface area contributed by atoms with E-state index in [4.69, 9.17) is 5.73 Å². The predicted octanol–water partition coefficient (Wildman–Crippen LogP) is 1.50. The number of aromatic nitrogens is 4. The van der Waals surface area contributed by atoms with E-state index in [1.54, 1.807) is 11.3 Å². The smallest absolute Gasteiger partial charge is 0.278 e. The molecule has 0 spiro atoms. The van der Waals surface area contributed by atoms with Gasteiger partial charge in [0.05, 0.1) is 0 Å². The summed E-state index contributed by atoms with van der Waals surface area (Å²) in [7, 11) is 0. The van der Waals surface area contributed by atoms with Gasteiger partial charge >= 0.3 is 0 Å². The Balaban J connectivity index is 0.00000133. The van der Waals surface area contributed by atoms with Crippen molar-refractivity contribution in [1.82, 2.24) is 19.9 Å². The Kier molecular flexibility index (Phi) is 3.87. The largest absolute Gasteiger partial charge is 0.369 e. The van der Waals surface area contributed by atoms with Crippen LogP contribution in [0.5, 0.6) is 0 Å². The number of nitrogens with two attached hydrogens (primary N) is 1. The highest BCUT2D eigenvalue weighted by atomic mass is 35.5. The number of H-pyrrole nitrogens is 2. The van der Waals surface area contributed by atoms with E-state index < -0.39 is 0 Å². The Morgan fingerprint density at radius 1 is 1.26 bits per heavy atom. The number of nitrogens with one attached hydrogen (secondary N) is 2. The maximum absolute atomic E-state index is 11.6. The van der Waals surface area contributed by atoms with Crippen LogP contribution in [0, 0.1) is 0 Å². The van der Waals surface area contributed by atoms with Crippen molar-refractivity contribution in [3.8, 4) is 0 Å². The quantitative estimate of drug-likeness (QED) is 0.682. The second kappa shape index (κ2) is 5.41. The van der Waals surface area contributed by atoms with Crippen LogP contribution in [0.2, 0.25) is 0 Å². The summed E-state index contributed by atoms with van der Waals surface area (Å²) in [5.41, 5.74) is 5.93. The number of nitrogens with zero attached hydrogens (tertiary/aromatic N) is 2. The molecule has 3 heterocycles. The van der Waals surface area contributed by atoms with Gasteiger partial charge in [0.1, 0.15) is 5.82 Å². The Labute approximate surface area is 118 Å². The first kappa shape index (κ1) is 13.6. The van der Waals surface area contributed by atoms with Crippen LogP contribution in [0.3, 0.4) is 0 Å². The number of aryl methyl sites for hydroxylation is 2. The first-order chi connectivity index (χ1) is 8.72. The zero-order valence-electron chi connectivity index (χ0n) is 9.84. The van der Waals surface area contributed by atoms with Crippen LogP contribution < -0.4 is 11.3 Å². The van der Waals surface area contributed by atoms with Gasteiger partial charge in [-0.15, -0.1) is 23.7 Å². The third-order valence-electron chi connectivity index (χ3n) is 2.62. The van der Waals surface area contributed by atoms with Crippen LogP contribution in [-0.2, 0) is 12.8 Å². The molecule has 0 aliphatic heterocycles. The molecule has 0 unspecified atom stereocenters. The number of rotatable bonds is 3. The summed E-state index contributed by atoms with van der Waals surface area (Å²) in [6, 6.07) is 4.10. The molecule has 0 bridgehead atoms. The normalized spacial score (nSPS) is 10.5. The maximum atomic E-state index is 11.6. The van der Waals surface area contributed by atoms with Crippen molar-refractivity contribution in [3.63, 3.8) is 0 Å². The Bertz CT molecular complexity index is 733. The number of aromatic amines is 2. The van der Waals surface area contributed by atoms with E-state index in [2.05, 4.69) is 26.0 Å². The van der Waals surface area contributed by atoms with Crippen LogP contribution in [-0.4, -0.2) is 19.9 Å². The zero-order valence-corrected chi connectivity index (χ0v) is 11.5.